The zero-order chi connectivity index (χ0) is 8.55. The van der Waals surface area contributed by atoms with Crippen molar-refractivity contribution in [1.29, 1.82) is 0 Å². The molecule has 0 radical (unpaired) electrons. The van der Waals surface area contributed by atoms with Crippen LogP contribution >= 0.6 is 0 Å². The van der Waals surface area contributed by atoms with Gasteiger partial charge in [0, 0.05) is 12.5 Å². The SMILES string of the molecule is CC(=O)C1=C(c2ccccc2)O1. The normalized spacial score (nSPS) is 14.1. The summed E-state index contributed by atoms with van der Waals surface area (Å²) in [6.07, 6.45) is 0. The second-order valence-electron chi connectivity index (χ2n) is 2.68. The molecule has 0 amide bonds. The Morgan fingerprint density at radius 2 is 1.92 bits per heavy atom. The largest absolute Gasteiger partial charge is 0.445 e. The molecule has 2 heteroatoms. The number of ether oxygens (including phenoxy) is 1. The van der Waals surface area contributed by atoms with Gasteiger partial charge in [-0.25, -0.2) is 0 Å². The Bertz CT molecular complexity index is 349. The number of Topliss-reactive ketones (excluding diaryl/α,β-unsaturated/α-hetero) is 1. The summed E-state index contributed by atoms with van der Waals surface area (Å²) in [5, 5.41) is 0. The number of allylic oxidation sites excluding steroid dienone is 1. The van der Waals surface area contributed by atoms with Crippen LogP contribution in [0.15, 0.2) is 36.1 Å². The predicted molar refractivity (Wildman–Crippen MR) is 45.1 cm³/mol. The lowest BCUT2D eigenvalue weighted by Crippen LogP contribution is -1.82. The Hall–Kier alpha value is -1.57. The van der Waals surface area contributed by atoms with Gasteiger partial charge in [-0.15, -0.1) is 0 Å². The first-order valence-electron chi connectivity index (χ1n) is 3.77. The van der Waals surface area contributed by atoms with Crippen molar-refractivity contribution < 1.29 is 9.53 Å². The summed E-state index contributed by atoms with van der Waals surface area (Å²) < 4.78 is 5.05. The summed E-state index contributed by atoms with van der Waals surface area (Å²) >= 11 is 0. The Labute approximate surface area is 70.5 Å². The van der Waals surface area contributed by atoms with E-state index in [-0.39, 0.29) is 5.78 Å². The molecule has 0 unspecified atom stereocenters. The fourth-order valence-corrected chi connectivity index (χ4v) is 1.09. The van der Waals surface area contributed by atoms with Crippen LogP contribution in [0, 0.1) is 0 Å². The van der Waals surface area contributed by atoms with Gasteiger partial charge in [0.05, 0.1) is 0 Å². The van der Waals surface area contributed by atoms with Crippen LogP contribution in [0.25, 0.3) is 5.76 Å². The van der Waals surface area contributed by atoms with Gasteiger partial charge in [0.15, 0.2) is 11.5 Å². The Balaban J connectivity index is 2.31. The third-order valence-electron chi connectivity index (χ3n) is 1.72. The van der Waals surface area contributed by atoms with Crippen LogP contribution in [-0.2, 0) is 9.53 Å². The van der Waals surface area contributed by atoms with Crippen molar-refractivity contribution in [2.24, 2.45) is 0 Å². The fraction of sp³-hybridized carbons (Fsp3) is 0.100. The summed E-state index contributed by atoms with van der Waals surface area (Å²) in [4.78, 5) is 10.8. The van der Waals surface area contributed by atoms with E-state index < -0.39 is 0 Å². The van der Waals surface area contributed by atoms with E-state index in [0.717, 1.165) is 11.3 Å². The summed E-state index contributed by atoms with van der Waals surface area (Å²) in [5.74, 6) is 1.22. The molecule has 1 heterocycles. The molecule has 1 aliphatic rings. The molecule has 0 atom stereocenters. The molecule has 2 rings (SSSR count). The molecule has 0 saturated carbocycles. The summed E-state index contributed by atoms with van der Waals surface area (Å²) in [5.41, 5.74) is 0.975. The first-order chi connectivity index (χ1) is 5.79. The lowest BCUT2D eigenvalue weighted by molar-refractivity contribution is -0.114. The standard InChI is InChI=1S/C10H8O2/c1-7(11)9-10(12-9)8-5-3-2-4-6-8/h2-6H,1H3. The summed E-state index contributed by atoms with van der Waals surface area (Å²) in [6.45, 7) is 1.51. The third kappa shape index (κ3) is 1.11. The molecule has 0 bridgehead atoms. The molecule has 2 nitrogen and oxygen atoms in total. The van der Waals surface area contributed by atoms with Crippen molar-refractivity contribution in [3.05, 3.63) is 41.7 Å². The van der Waals surface area contributed by atoms with E-state index in [9.17, 15) is 4.79 Å². The van der Waals surface area contributed by atoms with Gasteiger partial charge in [-0.3, -0.25) is 4.79 Å². The van der Waals surface area contributed by atoms with Gasteiger partial charge in [0.1, 0.15) is 0 Å². The molecular weight excluding hydrogens is 152 g/mol. The lowest BCUT2D eigenvalue weighted by Gasteiger charge is -1.86. The van der Waals surface area contributed by atoms with E-state index >= 15 is 0 Å². The van der Waals surface area contributed by atoms with E-state index in [1.54, 1.807) is 0 Å². The van der Waals surface area contributed by atoms with Crippen LogP contribution in [0.3, 0.4) is 0 Å². The van der Waals surface area contributed by atoms with Gasteiger partial charge in [0.25, 0.3) is 0 Å². The van der Waals surface area contributed by atoms with E-state index in [0.29, 0.717) is 5.76 Å². The van der Waals surface area contributed by atoms with Gasteiger partial charge in [-0.05, 0) is 0 Å². The number of carbonyl (C=O) groups excluding carboxylic acids is 1. The first-order valence-corrected chi connectivity index (χ1v) is 3.77. The number of ketones is 1. The molecule has 0 saturated heterocycles. The van der Waals surface area contributed by atoms with E-state index in [2.05, 4.69) is 0 Å². The summed E-state index contributed by atoms with van der Waals surface area (Å²) in [6, 6.07) is 9.61. The second kappa shape index (κ2) is 2.48. The van der Waals surface area contributed by atoms with E-state index in [4.69, 9.17) is 4.74 Å². The molecule has 1 aliphatic heterocycles. The van der Waals surface area contributed by atoms with Crippen LogP contribution in [-0.4, -0.2) is 5.78 Å². The molecule has 0 fully saturated rings. The molecule has 0 aromatic heterocycles. The molecule has 0 N–H and O–H groups in total. The monoisotopic (exact) mass is 160 g/mol. The lowest BCUT2D eigenvalue weighted by atomic mass is 10.2. The number of benzene rings is 1. The average molecular weight is 160 g/mol. The maximum atomic E-state index is 10.8. The first kappa shape index (κ1) is 7.10. The topological polar surface area (TPSA) is 29.6 Å². The minimum Gasteiger partial charge on any atom is -0.445 e. The highest BCUT2D eigenvalue weighted by molar-refractivity contribution is 6.04. The van der Waals surface area contributed by atoms with Crippen LogP contribution in [0.4, 0.5) is 0 Å². The quantitative estimate of drug-likeness (QED) is 0.662. The minimum absolute atomic E-state index is 0.00569. The highest BCUT2D eigenvalue weighted by atomic mass is 16.6. The molecule has 60 valence electrons. The van der Waals surface area contributed by atoms with Gasteiger partial charge in [0.2, 0.25) is 5.76 Å². The Morgan fingerprint density at radius 1 is 1.25 bits per heavy atom. The van der Waals surface area contributed by atoms with Crippen LogP contribution < -0.4 is 0 Å². The molecular formula is C10H8O2. The van der Waals surface area contributed by atoms with Crippen LogP contribution in [0.1, 0.15) is 12.5 Å². The Kier molecular flexibility index (Phi) is 1.47. The van der Waals surface area contributed by atoms with Crippen molar-refractivity contribution in [3.63, 3.8) is 0 Å². The second-order valence-corrected chi connectivity index (χ2v) is 2.68. The number of hydrogen-bond donors (Lipinski definition) is 0. The fourth-order valence-electron chi connectivity index (χ4n) is 1.09. The Morgan fingerprint density at radius 3 is 2.42 bits per heavy atom. The molecule has 0 spiro atoms. The smallest absolute Gasteiger partial charge is 0.213 e. The highest BCUT2D eigenvalue weighted by Crippen LogP contribution is 2.35. The molecule has 1 aromatic rings. The minimum atomic E-state index is -0.00569. The maximum Gasteiger partial charge on any atom is 0.213 e. The zero-order valence-corrected chi connectivity index (χ0v) is 6.70. The van der Waals surface area contributed by atoms with Crippen LogP contribution in [0.2, 0.25) is 0 Å². The van der Waals surface area contributed by atoms with E-state index in [1.165, 1.54) is 6.92 Å². The predicted octanol–water partition coefficient (Wildman–Crippen LogP) is 1.97. The van der Waals surface area contributed by atoms with Crippen LogP contribution in [0.5, 0.6) is 0 Å². The summed E-state index contributed by atoms with van der Waals surface area (Å²) in [7, 11) is 0. The zero-order valence-electron chi connectivity index (χ0n) is 6.70. The van der Waals surface area contributed by atoms with Gasteiger partial charge in [-0.1, -0.05) is 30.3 Å². The van der Waals surface area contributed by atoms with Crippen molar-refractivity contribution in [3.8, 4) is 0 Å². The van der Waals surface area contributed by atoms with Crippen molar-refractivity contribution in [1.82, 2.24) is 0 Å². The molecule has 1 aromatic carbocycles. The maximum absolute atomic E-state index is 10.8. The van der Waals surface area contributed by atoms with Gasteiger partial charge in [-0.2, -0.15) is 0 Å². The molecule has 0 aliphatic carbocycles. The van der Waals surface area contributed by atoms with Gasteiger partial charge >= 0.3 is 0 Å². The number of hydrogen-bond acceptors (Lipinski definition) is 2. The van der Waals surface area contributed by atoms with Crippen molar-refractivity contribution in [2.45, 2.75) is 6.92 Å². The molecule has 12 heavy (non-hydrogen) atoms. The van der Waals surface area contributed by atoms with E-state index in [1.807, 2.05) is 30.3 Å². The number of carbonyl (C=O) groups is 1. The third-order valence-corrected chi connectivity index (χ3v) is 1.72. The highest BCUT2D eigenvalue weighted by Gasteiger charge is 2.30. The van der Waals surface area contributed by atoms with Gasteiger partial charge < -0.3 is 4.74 Å². The number of rotatable bonds is 2. The van der Waals surface area contributed by atoms with Crippen molar-refractivity contribution in [2.75, 3.05) is 0 Å². The average Bonchev–Trinajstić information content (AvgIpc) is 2.84. The van der Waals surface area contributed by atoms with Crippen molar-refractivity contribution >= 4 is 11.5 Å².